The molecule has 3 aliphatic rings. The molecule has 0 bridgehead atoms. The lowest BCUT2D eigenvalue weighted by Crippen LogP contribution is -2.63. The van der Waals surface area contributed by atoms with Gasteiger partial charge in [-0.3, -0.25) is 9.80 Å². The molecule has 2 aromatic carbocycles. The number of aliphatic hydroxyl groups excluding tert-OH is 1. The molecule has 2 fully saturated rings. The van der Waals surface area contributed by atoms with E-state index in [1.807, 2.05) is 24.8 Å². The molecule has 0 unspecified atom stereocenters. The van der Waals surface area contributed by atoms with Crippen LogP contribution in [-0.2, 0) is 9.53 Å². The highest BCUT2D eigenvalue weighted by atomic mass is 19.1. The highest BCUT2D eigenvalue weighted by Gasteiger charge is 2.56. The number of hydrogen-bond donors (Lipinski definition) is 1. The Morgan fingerprint density at radius 3 is 2.62 bits per heavy atom. The second-order valence-corrected chi connectivity index (χ2v) is 9.62. The molecule has 0 aliphatic carbocycles. The third kappa shape index (κ3) is 3.76. The fourth-order valence-electron chi connectivity index (χ4n) is 5.58. The van der Waals surface area contributed by atoms with Gasteiger partial charge in [0, 0.05) is 11.5 Å². The maximum absolute atomic E-state index is 14.4. The van der Waals surface area contributed by atoms with Crippen LogP contribution in [0.1, 0.15) is 43.7 Å². The number of carbonyl (C=O) groups is 1. The molecule has 178 valence electrons. The first-order chi connectivity index (χ1) is 16.3. The lowest BCUT2D eigenvalue weighted by molar-refractivity contribution is -0.142. The standard InChI is InChI=1S/C26H27F2N3O3/c1-26(2)11-10-20-23(31-24(25(33)30(20)26)21(32)15-34-13-12-29-31)22(16-6-8-18(27)9-7-16)17-4-3-5-19(28)14-17/h3-9,12,14,20,22-23,32H,10-11,13,15H2,1-2H3/b24-21+,29-12-/t20-,22+,23+/m1/s1. The average Bonchev–Trinajstić information content (AvgIpc) is 3.10. The number of hydrazone groups is 1. The van der Waals surface area contributed by atoms with Gasteiger partial charge in [-0.25, -0.2) is 8.78 Å². The number of fused-ring (bicyclic) bond motifs is 2. The van der Waals surface area contributed by atoms with Crippen molar-refractivity contribution >= 4 is 12.1 Å². The van der Waals surface area contributed by atoms with Crippen LogP contribution < -0.4 is 0 Å². The van der Waals surface area contributed by atoms with Gasteiger partial charge in [-0.15, -0.1) is 0 Å². The molecule has 3 aliphatic heterocycles. The maximum atomic E-state index is 14.4. The van der Waals surface area contributed by atoms with Crippen molar-refractivity contribution < 1.29 is 23.4 Å². The molecule has 0 radical (unpaired) electrons. The summed E-state index contributed by atoms with van der Waals surface area (Å²) < 4.78 is 33.6. The minimum absolute atomic E-state index is 0.0655. The number of rotatable bonds is 3. The molecule has 3 heterocycles. The van der Waals surface area contributed by atoms with Gasteiger partial charge >= 0.3 is 0 Å². The number of carbonyl (C=O) groups excluding carboxylic acids is 1. The fraction of sp³-hybridized carbons (Fsp3) is 0.385. The quantitative estimate of drug-likeness (QED) is 0.730. The molecule has 2 aromatic rings. The normalized spacial score (nSPS) is 28.1. The van der Waals surface area contributed by atoms with Crippen molar-refractivity contribution in [3.05, 3.63) is 82.7 Å². The molecule has 0 aromatic heterocycles. The number of aliphatic hydroxyl groups is 1. The van der Waals surface area contributed by atoms with Crippen LogP contribution >= 0.6 is 0 Å². The van der Waals surface area contributed by atoms with E-state index < -0.39 is 17.5 Å². The van der Waals surface area contributed by atoms with Crippen molar-refractivity contribution in [2.45, 2.75) is 50.2 Å². The Morgan fingerprint density at radius 2 is 1.88 bits per heavy atom. The van der Waals surface area contributed by atoms with Gasteiger partial charge in [0.1, 0.15) is 24.0 Å². The summed E-state index contributed by atoms with van der Waals surface area (Å²) in [5.74, 6) is -1.70. The zero-order chi connectivity index (χ0) is 24.0. The Bertz CT molecular complexity index is 1160. The molecular weight excluding hydrogens is 440 g/mol. The van der Waals surface area contributed by atoms with Gasteiger partial charge in [-0.05, 0) is 62.1 Å². The van der Waals surface area contributed by atoms with Crippen LogP contribution in [0.5, 0.6) is 0 Å². The minimum atomic E-state index is -0.460. The average molecular weight is 468 g/mol. The monoisotopic (exact) mass is 467 g/mol. The Kier molecular flexibility index (Phi) is 5.64. The lowest BCUT2D eigenvalue weighted by Gasteiger charge is -2.50. The number of hydrogen-bond acceptors (Lipinski definition) is 5. The van der Waals surface area contributed by atoms with Crippen LogP contribution in [-0.4, -0.2) is 58.0 Å². The first-order valence-electron chi connectivity index (χ1n) is 11.4. The van der Waals surface area contributed by atoms with Crippen LogP contribution in [0, 0.1) is 11.6 Å². The van der Waals surface area contributed by atoms with Gasteiger partial charge in [0.2, 0.25) is 0 Å². The van der Waals surface area contributed by atoms with Crippen LogP contribution in [0.4, 0.5) is 8.78 Å². The van der Waals surface area contributed by atoms with Crippen molar-refractivity contribution in [2.75, 3.05) is 13.2 Å². The van der Waals surface area contributed by atoms with Crippen molar-refractivity contribution in [2.24, 2.45) is 5.10 Å². The van der Waals surface area contributed by atoms with E-state index in [1.54, 1.807) is 29.4 Å². The Labute approximate surface area is 197 Å². The molecule has 6 nitrogen and oxygen atoms in total. The van der Waals surface area contributed by atoms with Crippen molar-refractivity contribution in [1.82, 2.24) is 9.91 Å². The van der Waals surface area contributed by atoms with E-state index in [1.165, 1.54) is 24.3 Å². The van der Waals surface area contributed by atoms with Crippen LogP contribution in [0.25, 0.3) is 0 Å². The molecule has 3 atom stereocenters. The number of piperazine rings is 1. The Hall–Kier alpha value is -3.26. The lowest BCUT2D eigenvalue weighted by atomic mass is 9.79. The largest absolute Gasteiger partial charge is 0.507 e. The number of benzene rings is 2. The third-order valence-corrected chi connectivity index (χ3v) is 7.05. The molecule has 34 heavy (non-hydrogen) atoms. The number of nitrogens with zero attached hydrogens (tertiary/aromatic N) is 3. The van der Waals surface area contributed by atoms with Gasteiger partial charge in [0.05, 0.1) is 24.9 Å². The van der Waals surface area contributed by atoms with Crippen LogP contribution in [0.3, 0.4) is 0 Å². The Morgan fingerprint density at radius 1 is 1.12 bits per heavy atom. The molecule has 1 N–H and O–H groups in total. The number of amides is 1. The molecule has 0 saturated carbocycles. The highest BCUT2D eigenvalue weighted by molar-refractivity contribution is 5.95. The topological polar surface area (TPSA) is 65.4 Å². The van der Waals surface area contributed by atoms with Gasteiger partial charge in [-0.2, -0.15) is 5.10 Å². The van der Waals surface area contributed by atoms with E-state index in [0.29, 0.717) is 12.0 Å². The Balaban J connectivity index is 1.75. The molecule has 2 saturated heterocycles. The van der Waals surface area contributed by atoms with E-state index in [0.717, 1.165) is 12.0 Å². The van der Waals surface area contributed by atoms with Gasteiger partial charge in [0.15, 0.2) is 5.70 Å². The number of halogens is 2. The second-order valence-electron chi connectivity index (χ2n) is 9.62. The predicted octanol–water partition coefficient (Wildman–Crippen LogP) is 4.34. The van der Waals surface area contributed by atoms with Crippen molar-refractivity contribution in [3.8, 4) is 0 Å². The van der Waals surface area contributed by atoms with E-state index in [9.17, 15) is 18.7 Å². The summed E-state index contributed by atoms with van der Waals surface area (Å²) in [5.41, 5.74) is 1.07. The fourth-order valence-corrected chi connectivity index (χ4v) is 5.58. The first kappa shape index (κ1) is 22.5. The van der Waals surface area contributed by atoms with E-state index >= 15 is 0 Å². The summed E-state index contributed by atoms with van der Waals surface area (Å²) in [6.45, 7) is 4.08. The highest BCUT2D eigenvalue weighted by Crippen LogP contribution is 2.47. The molecule has 8 heteroatoms. The van der Waals surface area contributed by atoms with Crippen molar-refractivity contribution in [3.63, 3.8) is 0 Å². The molecule has 1 amide bonds. The van der Waals surface area contributed by atoms with E-state index in [4.69, 9.17) is 4.74 Å². The van der Waals surface area contributed by atoms with Crippen LogP contribution in [0.15, 0.2) is 65.1 Å². The van der Waals surface area contributed by atoms with E-state index in [-0.39, 0.29) is 48.3 Å². The van der Waals surface area contributed by atoms with Crippen LogP contribution in [0.2, 0.25) is 0 Å². The summed E-state index contributed by atoms with van der Waals surface area (Å²) in [6.07, 6.45) is 3.05. The smallest absolute Gasteiger partial charge is 0.276 e. The maximum Gasteiger partial charge on any atom is 0.276 e. The number of ether oxygens (including phenoxy) is 1. The second kappa shape index (κ2) is 8.51. The predicted molar refractivity (Wildman–Crippen MR) is 123 cm³/mol. The van der Waals surface area contributed by atoms with Gasteiger partial charge < -0.3 is 14.7 Å². The summed E-state index contributed by atoms with van der Waals surface area (Å²) in [5, 5.41) is 17.0. The zero-order valence-corrected chi connectivity index (χ0v) is 19.1. The summed E-state index contributed by atoms with van der Waals surface area (Å²) in [4.78, 5) is 15.5. The van der Waals surface area contributed by atoms with E-state index in [2.05, 4.69) is 5.10 Å². The minimum Gasteiger partial charge on any atom is -0.507 e. The van der Waals surface area contributed by atoms with Crippen molar-refractivity contribution in [1.29, 1.82) is 0 Å². The summed E-state index contributed by atoms with van der Waals surface area (Å²) in [7, 11) is 0. The molecular formula is C26H27F2N3O3. The third-order valence-electron chi connectivity index (χ3n) is 7.05. The summed E-state index contributed by atoms with van der Waals surface area (Å²) in [6, 6.07) is 11.7. The van der Waals surface area contributed by atoms with Gasteiger partial charge in [-0.1, -0.05) is 24.3 Å². The zero-order valence-electron chi connectivity index (χ0n) is 19.1. The molecule has 0 spiro atoms. The first-order valence-corrected chi connectivity index (χ1v) is 11.4. The SMILES string of the molecule is CC1(C)CC[C@@H]2[C@@H]([C@@H](c3ccc(F)cc3)c3cccc(F)c3)N3/N=C\COC/C(O)=C\3C(=O)N21. The van der Waals surface area contributed by atoms with Gasteiger partial charge in [0.25, 0.3) is 5.91 Å². The summed E-state index contributed by atoms with van der Waals surface area (Å²) >= 11 is 0. The molecule has 5 rings (SSSR count).